The molecule has 8 nitrogen and oxygen atoms in total. The molecule has 1 heterocycles. The Kier molecular flexibility index (Phi) is 7.93. The number of nitrogens with two attached hydrogens (primary N) is 1. The van der Waals surface area contributed by atoms with Gasteiger partial charge in [0.05, 0.1) is 26.7 Å². The van der Waals surface area contributed by atoms with E-state index in [1.165, 1.54) is 0 Å². The van der Waals surface area contributed by atoms with Crippen molar-refractivity contribution in [2.24, 2.45) is 5.73 Å². The van der Waals surface area contributed by atoms with Crippen LogP contribution in [0.1, 0.15) is 19.4 Å². The Morgan fingerprint density at radius 3 is 2.05 bits per heavy atom. The second kappa shape index (κ2) is 11.3. The highest BCUT2D eigenvalue weighted by Gasteiger charge is 2.47. The van der Waals surface area contributed by atoms with Gasteiger partial charge in [-0.25, -0.2) is 14.3 Å². The summed E-state index contributed by atoms with van der Waals surface area (Å²) < 4.78 is 10.5. The number of rotatable bonds is 10. The molecule has 0 saturated carbocycles. The van der Waals surface area contributed by atoms with Gasteiger partial charge in [0, 0.05) is 11.1 Å². The minimum Gasteiger partial charge on any atom is -0.493 e. The molecule has 38 heavy (non-hydrogen) atoms. The molecule has 1 unspecified atom stereocenters. The minimum absolute atomic E-state index is 0.0414. The molecule has 2 amide bonds. The average molecular weight is 514 g/mol. The van der Waals surface area contributed by atoms with E-state index in [0.29, 0.717) is 28.8 Å². The Morgan fingerprint density at radius 1 is 0.895 bits per heavy atom. The molecule has 0 bridgehead atoms. The lowest BCUT2D eigenvalue weighted by Crippen LogP contribution is -2.63. The lowest BCUT2D eigenvalue weighted by atomic mass is 10.0. The molecule has 8 heteroatoms. The number of ether oxygens (including phenoxy) is 2. The maximum atomic E-state index is 14.3. The van der Waals surface area contributed by atoms with Crippen LogP contribution in [-0.2, 0) is 16.0 Å². The maximum absolute atomic E-state index is 14.3. The number of amides is 2. The van der Waals surface area contributed by atoms with Crippen LogP contribution in [0, 0.1) is 0 Å². The van der Waals surface area contributed by atoms with Crippen molar-refractivity contribution in [2.45, 2.75) is 26.3 Å². The fourth-order valence-electron chi connectivity index (χ4n) is 4.76. The number of H-pyrrole nitrogens is 1. The molecule has 1 aromatic heterocycles. The molecule has 3 aromatic carbocycles. The second-order valence-corrected chi connectivity index (χ2v) is 9.36. The molecular weight excluding hydrogens is 480 g/mol. The molecule has 0 aliphatic carbocycles. The summed E-state index contributed by atoms with van der Waals surface area (Å²) in [5.74, 6) is 1.42. The monoisotopic (exact) mass is 513 g/mol. The summed E-state index contributed by atoms with van der Waals surface area (Å²) in [5.41, 5.74) is 8.81. The third kappa shape index (κ3) is 5.17. The zero-order valence-electron chi connectivity index (χ0n) is 22.1. The molecule has 1 atom stereocenters. The van der Waals surface area contributed by atoms with Gasteiger partial charge in [0.15, 0.2) is 23.7 Å². The SMILES string of the molecule is COc1ccc(CC(=O)[N+](CC(N)=O)(c2[nH]c(-c3ccccc3)nc2-c2ccccc2)C(C)C)cc1OC. The Hall–Kier alpha value is -4.43. The highest BCUT2D eigenvalue weighted by molar-refractivity contribution is 5.97. The van der Waals surface area contributed by atoms with Crippen molar-refractivity contribution in [1.29, 1.82) is 0 Å². The fraction of sp³-hybridized carbons (Fsp3) is 0.233. The summed E-state index contributed by atoms with van der Waals surface area (Å²) in [5, 5.41) is 0. The van der Waals surface area contributed by atoms with E-state index in [0.717, 1.165) is 16.7 Å². The maximum Gasteiger partial charge on any atom is 0.325 e. The van der Waals surface area contributed by atoms with E-state index in [4.69, 9.17) is 20.2 Å². The number of carbonyl (C=O) groups excluding carboxylic acids is 2. The van der Waals surface area contributed by atoms with Crippen molar-refractivity contribution in [3.63, 3.8) is 0 Å². The van der Waals surface area contributed by atoms with Crippen LogP contribution in [0.4, 0.5) is 5.82 Å². The Balaban J connectivity index is 1.91. The van der Waals surface area contributed by atoms with Gasteiger partial charge in [-0.05, 0) is 31.5 Å². The number of aromatic nitrogens is 2. The van der Waals surface area contributed by atoms with Gasteiger partial charge in [-0.15, -0.1) is 0 Å². The lowest BCUT2D eigenvalue weighted by Gasteiger charge is -2.37. The van der Waals surface area contributed by atoms with Crippen molar-refractivity contribution < 1.29 is 19.1 Å². The highest BCUT2D eigenvalue weighted by Crippen LogP contribution is 2.38. The topological polar surface area (TPSA) is 107 Å². The summed E-state index contributed by atoms with van der Waals surface area (Å²) in [4.78, 5) is 35.2. The number of nitrogens with one attached hydrogen (secondary N) is 1. The zero-order chi connectivity index (χ0) is 27.3. The molecule has 0 saturated heterocycles. The van der Waals surface area contributed by atoms with Crippen molar-refractivity contribution in [3.05, 3.63) is 84.4 Å². The zero-order valence-corrected chi connectivity index (χ0v) is 22.1. The standard InChI is InChI=1S/C30H32N4O4/c1-20(2)34(19-26(31)35,27(36)18-21-15-16-24(37-3)25(17-21)38-4)30-28(22-11-7-5-8-12-22)32-29(33-30)23-13-9-6-10-14-23/h5-17,20H,18-19H2,1-4H3,(H2-,31,32,33,35)/p+1. The quantitative estimate of drug-likeness (QED) is 0.298. The molecule has 4 aromatic rings. The van der Waals surface area contributed by atoms with E-state index in [1.807, 2.05) is 80.6 Å². The van der Waals surface area contributed by atoms with Crippen LogP contribution in [0.5, 0.6) is 11.5 Å². The molecule has 196 valence electrons. The molecule has 0 fully saturated rings. The first-order valence-electron chi connectivity index (χ1n) is 12.4. The van der Waals surface area contributed by atoms with Crippen LogP contribution < -0.4 is 19.7 Å². The van der Waals surface area contributed by atoms with Crippen molar-refractivity contribution in [1.82, 2.24) is 14.5 Å². The Labute approximate surface area is 222 Å². The van der Waals surface area contributed by atoms with Crippen LogP contribution in [0.2, 0.25) is 0 Å². The van der Waals surface area contributed by atoms with Crippen LogP contribution in [0.25, 0.3) is 22.6 Å². The Morgan fingerprint density at radius 2 is 1.50 bits per heavy atom. The van der Waals surface area contributed by atoms with E-state index >= 15 is 0 Å². The first kappa shape index (κ1) is 26.6. The smallest absolute Gasteiger partial charge is 0.325 e. The lowest BCUT2D eigenvalue weighted by molar-refractivity contribution is -0.135. The number of methoxy groups -OCH3 is 2. The van der Waals surface area contributed by atoms with Crippen LogP contribution in [0.3, 0.4) is 0 Å². The van der Waals surface area contributed by atoms with Crippen LogP contribution >= 0.6 is 0 Å². The van der Waals surface area contributed by atoms with Gasteiger partial charge >= 0.3 is 5.91 Å². The molecular formula is C30H33N4O4+. The van der Waals surface area contributed by atoms with Crippen LogP contribution in [-0.4, -0.2) is 48.6 Å². The van der Waals surface area contributed by atoms with Gasteiger partial charge in [0.25, 0.3) is 5.91 Å². The number of benzene rings is 3. The number of hydrogen-bond donors (Lipinski definition) is 2. The normalized spacial score (nSPS) is 12.7. The number of quaternary nitrogens is 1. The number of carbonyl (C=O) groups is 2. The van der Waals surface area contributed by atoms with Gasteiger partial charge < -0.3 is 15.2 Å². The first-order chi connectivity index (χ1) is 18.3. The highest BCUT2D eigenvalue weighted by atomic mass is 16.5. The number of imidazole rings is 1. The number of hydrogen-bond acceptors (Lipinski definition) is 5. The van der Waals surface area contributed by atoms with Crippen molar-refractivity contribution in [2.75, 3.05) is 20.8 Å². The largest absolute Gasteiger partial charge is 0.493 e. The first-order valence-corrected chi connectivity index (χ1v) is 12.4. The third-order valence-corrected chi connectivity index (χ3v) is 6.71. The molecule has 0 spiro atoms. The Bertz CT molecular complexity index is 1420. The molecule has 0 aliphatic rings. The summed E-state index contributed by atoms with van der Waals surface area (Å²) in [7, 11) is 3.11. The summed E-state index contributed by atoms with van der Waals surface area (Å²) >= 11 is 0. The molecule has 3 N–H and O–H groups in total. The summed E-state index contributed by atoms with van der Waals surface area (Å²) in [6, 6.07) is 24.3. The number of aromatic amines is 1. The minimum atomic E-state index is -0.589. The van der Waals surface area contributed by atoms with E-state index in [-0.39, 0.29) is 29.4 Å². The third-order valence-electron chi connectivity index (χ3n) is 6.71. The summed E-state index contributed by atoms with van der Waals surface area (Å²) in [6.45, 7) is 3.60. The molecule has 0 aliphatic heterocycles. The van der Waals surface area contributed by atoms with E-state index in [1.54, 1.807) is 26.4 Å². The number of nitrogens with zero attached hydrogens (tertiary/aromatic N) is 2. The predicted octanol–water partition coefficient (Wildman–Crippen LogP) is 4.73. The van der Waals surface area contributed by atoms with Crippen molar-refractivity contribution >= 4 is 17.6 Å². The second-order valence-electron chi connectivity index (χ2n) is 9.36. The van der Waals surface area contributed by atoms with Gasteiger partial charge in [-0.2, -0.15) is 0 Å². The van der Waals surface area contributed by atoms with Gasteiger partial charge in [0.2, 0.25) is 5.82 Å². The fourth-order valence-corrected chi connectivity index (χ4v) is 4.76. The molecule has 0 radical (unpaired) electrons. The average Bonchev–Trinajstić information content (AvgIpc) is 3.38. The van der Waals surface area contributed by atoms with Gasteiger partial charge in [0.1, 0.15) is 5.82 Å². The van der Waals surface area contributed by atoms with Gasteiger partial charge in [-0.3, -0.25) is 9.78 Å². The molecule has 4 rings (SSSR count). The number of primary amides is 1. The van der Waals surface area contributed by atoms with E-state index < -0.39 is 5.91 Å². The summed E-state index contributed by atoms with van der Waals surface area (Å²) in [6.07, 6.45) is 0.0414. The van der Waals surface area contributed by atoms with Gasteiger partial charge in [-0.1, -0.05) is 66.7 Å². The van der Waals surface area contributed by atoms with E-state index in [2.05, 4.69) is 4.98 Å². The van der Waals surface area contributed by atoms with Crippen molar-refractivity contribution in [3.8, 4) is 34.1 Å². The predicted molar refractivity (Wildman–Crippen MR) is 149 cm³/mol. The van der Waals surface area contributed by atoms with Crippen LogP contribution in [0.15, 0.2) is 78.9 Å². The van der Waals surface area contributed by atoms with E-state index in [9.17, 15) is 9.59 Å².